The summed E-state index contributed by atoms with van der Waals surface area (Å²) in [5.41, 5.74) is 3.29. The van der Waals surface area contributed by atoms with Crippen LogP contribution in [0, 0.1) is 0 Å². The number of carboxylic acid groups (broad SMARTS) is 1. The van der Waals surface area contributed by atoms with E-state index in [1.54, 1.807) is 0 Å². The van der Waals surface area contributed by atoms with E-state index in [1.165, 1.54) is 7.11 Å². The standard InChI is InChI=1S/C24H26N2O6/c1-31-14-20(21(27)28)25-22(29)24(11-6-12-24)26-23(30)32-13-19-17-9-4-2-7-15(17)16-8-3-5-10-18(16)19/h2-5,7-10,19-20H,6,11-14H2,1H3,(H,25,29)(H,26,30)(H,27,28)/t20-/m0/s1. The smallest absolute Gasteiger partial charge is 0.408 e. The molecular formula is C24H26N2O6. The van der Waals surface area contributed by atoms with E-state index in [0.717, 1.165) is 28.7 Å². The molecule has 0 bridgehead atoms. The number of hydrogen-bond acceptors (Lipinski definition) is 5. The van der Waals surface area contributed by atoms with Crippen molar-refractivity contribution >= 4 is 18.0 Å². The maximum atomic E-state index is 12.8. The zero-order valence-corrected chi connectivity index (χ0v) is 17.8. The normalized spacial score (nSPS) is 16.8. The van der Waals surface area contributed by atoms with E-state index >= 15 is 0 Å². The highest BCUT2D eigenvalue weighted by Gasteiger charge is 2.47. The number of carbonyl (C=O) groups is 3. The molecule has 1 saturated carbocycles. The number of carbonyl (C=O) groups excluding carboxylic acids is 2. The SMILES string of the molecule is COC[C@H](NC(=O)C1(NC(=O)OCC2c3ccccc3-c3ccccc32)CCC1)C(=O)O. The van der Waals surface area contributed by atoms with E-state index in [1.807, 2.05) is 36.4 Å². The summed E-state index contributed by atoms with van der Waals surface area (Å²) in [7, 11) is 1.36. The zero-order chi connectivity index (χ0) is 22.7. The van der Waals surface area contributed by atoms with Crippen LogP contribution in [0.3, 0.4) is 0 Å². The van der Waals surface area contributed by atoms with Crippen LogP contribution in [0.1, 0.15) is 36.3 Å². The van der Waals surface area contributed by atoms with Crippen molar-refractivity contribution in [2.24, 2.45) is 0 Å². The number of aliphatic carboxylic acids is 1. The van der Waals surface area contributed by atoms with Crippen molar-refractivity contribution in [3.05, 3.63) is 59.7 Å². The molecule has 8 heteroatoms. The minimum absolute atomic E-state index is 0.0857. The van der Waals surface area contributed by atoms with Crippen LogP contribution in [0.25, 0.3) is 11.1 Å². The molecule has 2 aliphatic carbocycles. The first kappa shape index (κ1) is 21.8. The lowest BCUT2D eigenvalue weighted by Gasteiger charge is -2.40. The van der Waals surface area contributed by atoms with Gasteiger partial charge in [-0.25, -0.2) is 9.59 Å². The number of hydrogen-bond donors (Lipinski definition) is 3. The van der Waals surface area contributed by atoms with Gasteiger partial charge in [0.2, 0.25) is 5.91 Å². The zero-order valence-electron chi connectivity index (χ0n) is 17.8. The van der Waals surface area contributed by atoms with Crippen molar-refractivity contribution in [1.82, 2.24) is 10.6 Å². The van der Waals surface area contributed by atoms with Crippen molar-refractivity contribution in [3.8, 4) is 11.1 Å². The van der Waals surface area contributed by atoms with Gasteiger partial charge in [-0.05, 0) is 41.5 Å². The Bertz CT molecular complexity index is 987. The number of amides is 2. The van der Waals surface area contributed by atoms with E-state index in [9.17, 15) is 19.5 Å². The molecule has 2 aliphatic rings. The largest absolute Gasteiger partial charge is 0.480 e. The molecule has 1 atom stereocenters. The van der Waals surface area contributed by atoms with Crippen LogP contribution in [0.15, 0.2) is 48.5 Å². The van der Waals surface area contributed by atoms with Crippen molar-refractivity contribution in [1.29, 1.82) is 0 Å². The number of alkyl carbamates (subject to hydrolysis) is 1. The van der Waals surface area contributed by atoms with Crippen LogP contribution in [0.5, 0.6) is 0 Å². The Kier molecular flexibility index (Phi) is 6.14. The van der Waals surface area contributed by atoms with Gasteiger partial charge in [0.05, 0.1) is 6.61 Å². The first-order valence-corrected chi connectivity index (χ1v) is 10.6. The van der Waals surface area contributed by atoms with Gasteiger partial charge < -0.3 is 25.2 Å². The molecule has 0 aliphatic heterocycles. The van der Waals surface area contributed by atoms with Crippen LogP contribution < -0.4 is 10.6 Å². The summed E-state index contributed by atoms with van der Waals surface area (Å²) in [6.45, 7) is -0.0267. The van der Waals surface area contributed by atoms with E-state index in [4.69, 9.17) is 9.47 Å². The van der Waals surface area contributed by atoms with Gasteiger partial charge in [-0.1, -0.05) is 48.5 Å². The molecule has 4 rings (SSSR count). The summed E-state index contributed by atoms with van der Waals surface area (Å²) < 4.78 is 10.4. The van der Waals surface area contributed by atoms with Crippen LogP contribution in [-0.4, -0.2) is 55.0 Å². The second-order valence-electron chi connectivity index (χ2n) is 8.21. The molecule has 0 aromatic heterocycles. The monoisotopic (exact) mass is 438 g/mol. The number of rotatable bonds is 8. The predicted molar refractivity (Wildman–Crippen MR) is 116 cm³/mol. The number of methoxy groups -OCH3 is 1. The van der Waals surface area contributed by atoms with Gasteiger partial charge in [0.25, 0.3) is 0 Å². The lowest BCUT2D eigenvalue weighted by atomic mass is 9.76. The highest BCUT2D eigenvalue weighted by atomic mass is 16.5. The molecule has 2 aromatic rings. The molecule has 0 unspecified atom stereocenters. The van der Waals surface area contributed by atoms with Gasteiger partial charge in [-0.2, -0.15) is 0 Å². The third kappa shape index (κ3) is 4.05. The van der Waals surface area contributed by atoms with Crippen molar-refractivity contribution in [2.75, 3.05) is 20.3 Å². The van der Waals surface area contributed by atoms with E-state index in [-0.39, 0.29) is 19.1 Å². The molecule has 2 aromatic carbocycles. The second-order valence-corrected chi connectivity index (χ2v) is 8.21. The first-order chi connectivity index (χ1) is 15.4. The Morgan fingerprint density at radius 3 is 2.16 bits per heavy atom. The maximum absolute atomic E-state index is 12.8. The van der Waals surface area contributed by atoms with Crippen molar-refractivity contribution in [3.63, 3.8) is 0 Å². The molecule has 3 N–H and O–H groups in total. The molecule has 0 spiro atoms. The minimum Gasteiger partial charge on any atom is -0.480 e. The summed E-state index contributed by atoms with van der Waals surface area (Å²) in [5, 5.41) is 14.4. The summed E-state index contributed by atoms with van der Waals surface area (Å²) in [4.78, 5) is 36.7. The lowest BCUT2D eigenvalue weighted by Crippen LogP contribution is -2.65. The quantitative estimate of drug-likeness (QED) is 0.584. The molecule has 0 radical (unpaired) electrons. The number of benzene rings is 2. The molecular weight excluding hydrogens is 412 g/mol. The number of ether oxygens (including phenoxy) is 2. The predicted octanol–water partition coefficient (Wildman–Crippen LogP) is 2.66. The molecule has 1 fully saturated rings. The molecule has 0 saturated heterocycles. The first-order valence-electron chi connectivity index (χ1n) is 10.6. The second kappa shape index (κ2) is 9.00. The minimum atomic E-state index is -1.20. The summed E-state index contributed by atoms with van der Waals surface area (Å²) >= 11 is 0. The number of nitrogens with one attached hydrogen (secondary N) is 2. The third-order valence-electron chi connectivity index (χ3n) is 6.26. The Morgan fingerprint density at radius 2 is 1.66 bits per heavy atom. The molecule has 0 heterocycles. The molecule has 8 nitrogen and oxygen atoms in total. The Labute approximate surface area is 185 Å². The summed E-state index contributed by atoms with van der Waals surface area (Å²) in [5.74, 6) is -1.82. The van der Waals surface area contributed by atoms with Crippen LogP contribution in [-0.2, 0) is 19.1 Å². The highest BCUT2D eigenvalue weighted by molar-refractivity contribution is 5.93. The highest BCUT2D eigenvalue weighted by Crippen LogP contribution is 2.44. The van der Waals surface area contributed by atoms with Gasteiger partial charge in [-0.3, -0.25) is 4.79 Å². The van der Waals surface area contributed by atoms with Gasteiger partial charge in [0.1, 0.15) is 12.1 Å². The Balaban J connectivity index is 1.41. The van der Waals surface area contributed by atoms with Crippen LogP contribution >= 0.6 is 0 Å². The number of fused-ring (bicyclic) bond motifs is 3. The van der Waals surface area contributed by atoms with E-state index in [2.05, 4.69) is 22.8 Å². The van der Waals surface area contributed by atoms with Crippen molar-refractivity contribution in [2.45, 2.75) is 36.8 Å². The number of carboxylic acids is 1. The fourth-order valence-corrected chi connectivity index (χ4v) is 4.41. The topological polar surface area (TPSA) is 114 Å². The van der Waals surface area contributed by atoms with Gasteiger partial charge >= 0.3 is 12.1 Å². The third-order valence-corrected chi connectivity index (χ3v) is 6.26. The van der Waals surface area contributed by atoms with Crippen LogP contribution in [0.2, 0.25) is 0 Å². The fraction of sp³-hybridized carbons (Fsp3) is 0.375. The lowest BCUT2D eigenvalue weighted by molar-refractivity contribution is -0.145. The maximum Gasteiger partial charge on any atom is 0.408 e. The average molecular weight is 438 g/mol. The molecule has 2 amide bonds. The summed E-state index contributed by atoms with van der Waals surface area (Å²) in [6.07, 6.45) is 0.893. The van der Waals surface area contributed by atoms with E-state index in [0.29, 0.717) is 12.8 Å². The van der Waals surface area contributed by atoms with Crippen molar-refractivity contribution < 1.29 is 29.0 Å². The Hall–Kier alpha value is -3.39. The molecule has 32 heavy (non-hydrogen) atoms. The summed E-state index contributed by atoms with van der Waals surface area (Å²) in [6, 6.07) is 14.9. The fourth-order valence-electron chi connectivity index (χ4n) is 4.41. The molecule has 168 valence electrons. The average Bonchev–Trinajstić information content (AvgIpc) is 3.08. The van der Waals surface area contributed by atoms with Gasteiger partial charge in [0, 0.05) is 13.0 Å². The van der Waals surface area contributed by atoms with E-state index < -0.39 is 29.6 Å². The Morgan fingerprint density at radius 1 is 1.06 bits per heavy atom. The van der Waals surface area contributed by atoms with Gasteiger partial charge in [0.15, 0.2) is 6.04 Å². The van der Waals surface area contributed by atoms with Gasteiger partial charge in [-0.15, -0.1) is 0 Å². The van der Waals surface area contributed by atoms with Crippen LogP contribution in [0.4, 0.5) is 4.79 Å².